The van der Waals surface area contributed by atoms with Gasteiger partial charge in [0.2, 0.25) is 0 Å². The van der Waals surface area contributed by atoms with Crippen LogP contribution in [0.15, 0.2) is 24.3 Å². The molecule has 1 aromatic heterocycles. The highest BCUT2D eigenvalue weighted by atomic mass is 32.1. The van der Waals surface area contributed by atoms with Gasteiger partial charge in [0, 0.05) is 12.6 Å². The Balaban J connectivity index is 1.32. The summed E-state index contributed by atoms with van der Waals surface area (Å²) >= 11 is 1.85. The van der Waals surface area contributed by atoms with E-state index in [-0.39, 0.29) is 0 Å². The van der Waals surface area contributed by atoms with Gasteiger partial charge in [-0.1, -0.05) is 12.1 Å². The van der Waals surface area contributed by atoms with E-state index >= 15 is 0 Å². The van der Waals surface area contributed by atoms with Crippen LogP contribution < -0.4 is 5.32 Å². The van der Waals surface area contributed by atoms with E-state index in [9.17, 15) is 0 Å². The Kier molecular flexibility index (Phi) is 2.87. The lowest BCUT2D eigenvalue weighted by molar-refractivity contribution is -0.0142. The number of para-hydroxylation sites is 1. The molecule has 4 aliphatic carbocycles. The van der Waals surface area contributed by atoms with E-state index in [0.717, 1.165) is 41.8 Å². The second-order valence-corrected chi connectivity index (χ2v) is 8.53. The molecule has 110 valence electrons. The van der Waals surface area contributed by atoms with Crippen LogP contribution in [0.2, 0.25) is 0 Å². The van der Waals surface area contributed by atoms with Crippen LogP contribution in [0.4, 0.5) is 0 Å². The third-order valence-corrected chi connectivity index (χ3v) is 7.09. The molecule has 1 heterocycles. The summed E-state index contributed by atoms with van der Waals surface area (Å²) in [4.78, 5) is 4.77. The monoisotopic (exact) mass is 298 g/mol. The Bertz CT molecular complexity index is 601. The molecule has 4 fully saturated rings. The molecule has 6 rings (SSSR count). The van der Waals surface area contributed by atoms with Gasteiger partial charge in [0.05, 0.1) is 10.2 Å². The van der Waals surface area contributed by atoms with E-state index in [1.54, 1.807) is 0 Å². The molecule has 4 bridgehead atoms. The molecule has 2 nitrogen and oxygen atoms in total. The summed E-state index contributed by atoms with van der Waals surface area (Å²) in [5.74, 6) is 4.03. The summed E-state index contributed by atoms with van der Waals surface area (Å²) < 4.78 is 1.32. The average molecular weight is 298 g/mol. The van der Waals surface area contributed by atoms with Crippen molar-refractivity contribution in [1.29, 1.82) is 0 Å². The number of fused-ring (bicyclic) bond motifs is 1. The zero-order chi connectivity index (χ0) is 13.8. The van der Waals surface area contributed by atoms with Crippen LogP contribution in [-0.2, 0) is 6.54 Å². The van der Waals surface area contributed by atoms with Gasteiger partial charge in [0.15, 0.2) is 0 Å². The fraction of sp³-hybridized carbons (Fsp3) is 0.611. The molecule has 0 radical (unpaired) electrons. The molecule has 3 heteroatoms. The Morgan fingerprint density at radius 3 is 2.43 bits per heavy atom. The topological polar surface area (TPSA) is 24.9 Å². The van der Waals surface area contributed by atoms with Crippen molar-refractivity contribution in [3.63, 3.8) is 0 Å². The molecule has 2 aromatic rings. The third kappa shape index (κ3) is 2.13. The van der Waals surface area contributed by atoms with Crippen LogP contribution in [0.25, 0.3) is 10.2 Å². The summed E-state index contributed by atoms with van der Waals surface area (Å²) in [6.45, 7) is 0.965. The van der Waals surface area contributed by atoms with E-state index in [2.05, 4.69) is 29.6 Å². The van der Waals surface area contributed by atoms with Gasteiger partial charge >= 0.3 is 0 Å². The van der Waals surface area contributed by atoms with Crippen LogP contribution in [0.5, 0.6) is 0 Å². The summed E-state index contributed by atoms with van der Waals surface area (Å²) in [6, 6.07) is 9.26. The molecule has 0 spiro atoms. The minimum atomic E-state index is 0.768. The maximum Gasteiger partial charge on any atom is 0.108 e. The highest BCUT2D eigenvalue weighted by Gasteiger charge is 2.47. The average Bonchev–Trinajstić information content (AvgIpc) is 2.88. The van der Waals surface area contributed by atoms with Gasteiger partial charge < -0.3 is 5.32 Å². The smallest absolute Gasteiger partial charge is 0.108 e. The zero-order valence-corrected chi connectivity index (χ0v) is 13.1. The maximum atomic E-state index is 4.77. The van der Waals surface area contributed by atoms with Gasteiger partial charge in [0.1, 0.15) is 5.01 Å². The van der Waals surface area contributed by atoms with Gasteiger partial charge in [-0.15, -0.1) is 11.3 Å². The molecule has 1 N–H and O–H groups in total. The predicted octanol–water partition coefficient (Wildman–Crippen LogP) is 4.21. The van der Waals surface area contributed by atoms with Gasteiger partial charge in [-0.3, -0.25) is 0 Å². The van der Waals surface area contributed by atoms with Crippen LogP contribution in [-0.4, -0.2) is 11.0 Å². The van der Waals surface area contributed by atoms with Crippen molar-refractivity contribution in [3.8, 4) is 0 Å². The van der Waals surface area contributed by atoms with Crippen molar-refractivity contribution in [2.45, 2.75) is 44.7 Å². The predicted molar refractivity (Wildman–Crippen MR) is 87.3 cm³/mol. The number of nitrogens with zero attached hydrogens (tertiary/aromatic N) is 1. The van der Waals surface area contributed by atoms with Crippen molar-refractivity contribution in [2.75, 3.05) is 0 Å². The van der Waals surface area contributed by atoms with Gasteiger partial charge in [0.25, 0.3) is 0 Å². The highest BCUT2D eigenvalue weighted by molar-refractivity contribution is 7.18. The molecule has 0 amide bonds. The Morgan fingerprint density at radius 2 is 1.71 bits per heavy atom. The lowest BCUT2D eigenvalue weighted by Gasteiger charge is -2.54. The normalized spacial score (nSPS) is 37.4. The quantitative estimate of drug-likeness (QED) is 0.918. The Morgan fingerprint density at radius 1 is 1.00 bits per heavy atom. The highest BCUT2D eigenvalue weighted by Crippen LogP contribution is 2.53. The summed E-state index contributed by atoms with van der Waals surface area (Å²) in [5.41, 5.74) is 1.16. The van der Waals surface area contributed by atoms with Crippen molar-refractivity contribution in [1.82, 2.24) is 10.3 Å². The molecule has 21 heavy (non-hydrogen) atoms. The van der Waals surface area contributed by atoms with Crippen molar-refractivity contribution >= 4 is 21.6 Å². The van der Waals surface area contributed by atoms with Crippen LogP contribution in [0.1, 0.15) is 37.1 Å². The third-order valence-electron chi connectivity index (χ3n) is 6.05. The van der Waals surface area contributed by atoms with Crippen molar-refractivity contribution < 1.29 is 0 Å². The summed E-state index contributed by atoms with van der Waals surface area (Å²) in [7, 11) is 0. The number of hydrogen-bond acceptors (Lipinski definition) is 3. The number of rotatable bonds is 3. The molecule has 0 aliphatic heterocycles. The van der Waals surface area contributed by atoms with Crippen LogP contribution in [0, 0.1) is 23.7 Å². The van der Waals surface area contributed by atoms with E-state index in [1.165, 1.54) is 41.8 Å². The fourth-order valence-corrected chi connectivity index (χ4v) is 6.38. The molecule has 4 saturated carbocycles. The first kappa shape index (κ1) is 12.6. The van der Waals surface area contributed by atoms with Gasteiger partial charge in [-0.25, -0.2) is 4.98 Å². The van der Waals surface area contributed by atoms with E-state index < -0.39 is 0 Å². The molecular weight excluding hydrogens is 276 g/mol. The molecule has 4 aliphatic rings. The van der Waals surface area contributed by atoms with Crippen molar-refractivity contribution in [2.24, 2.45) is 23.7 Å². The molecule has 0 unspecified atom stereocenters. The van der Waals surface area contributed by atoms with E-state index in [1.807, 2.05) is 11.3 Å². The zero-order valence-electron chi connectivity index (χ0n) is 12.3. The lowest BCUT2D eigenvalue weighted by Crippen LogP contribution is -2.54. The van der Waals surface area contributed by atoms with Gasteiger partial charge in [-0.2, -0.15) is 0 Å². The second kappa shape index (κ2) is 4.79. The molecule has 1 aromatic carbocycles. The fourth-order valence-electron chi connectivity index (χ4n) is 5.46. The lowest BCUT2D eigenvalue weighted by atomic mass is 9.54. The van der Waals surface area contributed by atoms with Crippen LogP contribution >= 0.6 is 11.3 Å². The van der Waals surface area contributed by atoms with Crippen LogP contribution in [0.3, 0.4) is 0 Å². The number of thiazole rings is 1. The first-order valence-electron chi connectivity index (χ1n) is 8.43. The Labute approximate surface area is 130 Å². The van der Waals surface area contributed by atoms with Gasteiger partial charge in [-0.05, 0) is 67.9 Å². The maximum absolute atomic E-state index is 4.77. The first-order chi connectivity index (χ1) is 10.3. The van der Waals surface area contributed by atoms with E-state index in [0.29, 0.717) is 0 Å². The summed E-state index contributed by atoms with van der Waals surface area (Å²) in [5, 5.41) is 5.14. The number of hydrogen-bond donors (Lipinski definition) is 1. The number of nitrogens with one attached hydrogen (secondary N) is 1. The van der Waals surface area contributed by atoms with Crippen molar-refractivity contribution in [3.05, 3.63) is 29.3 Å². The largest absolute Gasteiger partial charge is 0.307 e. The first-order valence-corrected chi connectivity index (χ1v) is 9.24. The summed E-state index contributed by atoms with van der Waals surface area (Å²) in [6.07, 6.45) is 7.50. The second-order valence-electron chi connectivity index (χ2n) is 7.41. The number of benzene rings is 1. The minimum absolute atomic E-state index is 0.768. The molecular formula is C18H22N2S. The SMILES string of the molecule is c1ccc2sc(CNC3C4CC5CC(C4)CC3C5)nc2c1. The van der Waals surface area contributed by atoms with E-state index in [4.69, 9.17) is 4.98 Å². The molecule has 0 saturated heterocycles. The minimum Gasteiger partial charge on any atom is -0.307 e. The molecule has 0 atom stereocenters. The number of aromatic nitrogens is 1. The standard InChI is InChI=1S/C18H22N2S/c1-2-4-16-15(3-1)20-17(21-16)10-19-18-13-6-11-5-12(8-13)9-14(18)7-11/h1-4,11-14,18-19H,5-10H2. The Hall–Kier alpha value is -0.930.